The summed E-state index contributed by atoms with van der Waals surface area (Å²) in [4.78, 5) is 56.9. The summed E-state index contributed by atoms with van der Waals surface area (Å²) in [6.07, 6.45) is 6.30. The summed E-state index contributed by atoms with van der Waals surface area (Å²) in [7, 11) is 0. The van der Waals surface area contributed by atoms with Crippen LogP contribution in [-0.4, -0.2) is 120 Å². The van der Waals surface area contributed by atoms with Gasteiger partial charge in [0, 0.05) is 18.3 Å². The highest BCUT2D eigenvalue weighted by Crippen LogP contribution is 2.03. The topological polar surface area (TPSA) is 378 Å². The lowest BCUT2D eigenvalue weighted by atomic mass is 10.1. The molecule has 2 rings (SSSR count). The SMILES string of the molecule is CC(C)[C@H](N)C(=O)O.C[C@@H](O)[C@H](N)C(=O)O.NCCCC[C@H](N)C(=O)O.N[C@@H](Cc1cnc[nH]1)C(=O)O.O=C(O)[C@@H]1CCCN1. The number of aliphatic carboxylic acids is 5. The fourth-order valence-electron chi connectivity index (χ4n) is 2.74. The monoisotopic (exact) mass is 652 g/mol. The molecule has 0 unspecified atom stereocenters. The highest BCUT2D eigenvalue weighted by Gasteiger charge is 2.20. The summed E-state index contributed by atoms with van der Waals surface area (Å²) in [6, 6.07) is -3.71. The maximum absolute atomic E-state index is 10.3. The van der Waals surface area contributed by atoms with Crippen molar-refractivity contribution in [2.45, 2.75) is 95.6 Å². The number of imidazole rings is 1. The van der Waals surface area contributed by atoms with Gasteiger partial charge in [0.2, 0.25) is 0 Å². The van der Waals surface area contributed by atoms with Gasteiger partial charge in [0.1, 0.15) is 30.2 Å². The van der Waals surface area contributed by atoms with E-state index in [1.54, 1.807) is 20.0 Å². The molecule has 1 aliphatic rings. The van der Waals surface area contributed by atoms with Gasteiger partial charge in [0.05, 0.1) is 12.4 Å². The first-order valence-corrected chi connectivity index (χ1v) is 14.0. The Hall–Kier alpha value is -3.72. The number of H-pyrrole nitrogens is 1. The molecule has 0 aliphatic carbocycles. The number of nitrogens with one attached hydrogen (secondary N) is 2. The Kier molecular flexibility index (Phi) is 27.1. The number of rotatable bonds is 13. The van der Waals surface area contributed by atoms with Gasteiger partial charge >= 0.3 is 29.8 Å². The number of aromatic nitrogens is 2. The maximum Gasteiger partial charge on any atom is 0.323 e. The maximum atomic E-state index is 10.3. The number of hydrogen-bond donors (Lipinski definition) is 13. The molecule has 1 aromatic heterocycles. The molecule has 1 fully saturated rings. The third kappa shape index (κ3) is 26.4. The van der Waals surface area contributed by atoms with Crippen molar-refractivity contribution in [2.75, 3.05) is 13.1 Å². The van der Waals surface area contributed by atoms with Gasteiger partial charge in [-0.25, -0.2) is 4.98 Å². The van der Waals surface area contributed by atoms with Crippen LogP contribution in [0.15, 0.2) is 12.5 Å². The Morgan fingerprint density at radius 1 is 0.867 bits per heavy atom. The van der Waals surface area contributed by atoms with Gasteiger partial charge in [0.15, 0.2) is 0 Å². The second-order valence-corrected chi connectivity index (χ2v) is 10.2. The predicted molar refractivity (Wildman–Crippen MR) is 163 cm³/mol. The van der Waals surface area contributed by atoms with Crippen LogP contribution >= 0.6 is 0 Å². The molecule has 0 aromatic carbocycles. The Bertz CT molecular complexity index is 918. The molecule has 0 bridgehead atoms. The zero-order valence-electron chi connectivity index (χ0n) is 25.9. The first-order valence-electron chi connectivity index (χ1n) is 14.0. The van der Waals surface area contributed by atoms with E-state index >= 15 is 0 Å². The summed E-state index contributed by atoms with van der Waals surface area (Å²) in [5, 5.41) is 52.7. The summed E-state index contributed by atoms with van der Waals surface area (Å²) in [6.45, 7) is 6.35. The van der Waals surface area contributed by atoms with Crippen LogP contribution in [0.2, 0.25) is 0 Å². The summed E-state index contributed by atoms with van der Waals surface area (Å²) in [5.41, 5.74) is 26.5. The van der Waals surface area contributed by atoms with Crippen LogP contribution in [0.1, 0.15) is 58.6 Å². The van der Waals surface area contributed by atoms with Gasteiger partial charge in [-0.1, -0.05) is 20.3 Å². The molecule has 1 aromatic rings. The van der Waals surface area contributed by atoms with E-state index in [2.05, 4.69) is 15.3 Å². The van der Waals surface area contributed by atoms with Crippen LogP contribution < -0.4 is 34.0 Å². The molecule has 0 spiro atoms. The fourth-order valence-corrected chi connectivity index (χ4v) is 2.74. The molecule has 2 heterocycles. The second-order valence-electron chi connectivity index (χ2n) is 10.2. The smallest absolute Gasteiger partial charge is 0.323 e. The van der Waals surface area contributed by atoms with Crippen molar-refractivity contribution < 1.29 is 54.6 Å². The quantitative estimate of drug-likeness (QED) is 0.0982. The molecule has 18 N–H and O–H groups in total. The van der Waals surface area contributed by atoms with Crippen LogP contribution in [0, 0.1) is 5.92 Å². The van der Waals surface area contributed by atoms with E-state index in [4.69, 9.17) is 59.3 Å². The summed E-state index contributed by atoms with van der Waals surface area (Å²) < 4.78 is 0. The first kappa shape index (κ1) is 45.7. The first-order chi connectivity index (χ1) is 20.8. The Balaban J connectivity index is -0.000000494. The minimum absolute atomic E-state index is 0.0208. The average molecular weight is 653 g/mol. The van der Waals surface area contributed by atoms with Crippen LogP contribution in [0.3, 0.4) is 0 Å². The van der Waals surface area contributed by atoms with Crippen molar-refractivity contribution in [2.24, 2.45) is 34.6 Å². The van der Waals surface area contributed by atoms with Crippen LogP contribution in [0.4, 0.5) is 0 Å². The van der Waals surface area contributed by atoms with Gasteiger partial charge in [-0.2, -0.15) is 0 Å². The van der Waals surface area contributed by atoms with E-state index < -0.39 is 60.1 Å². The van der Waals surface area contributed by atoms with Crippen molar-refractivity contribution in [3.05, 3.63) is 18.2 Å². The number of aliphatic hydroxyl groups excluding tert-OH is 1. The highest BCUT2D eigenvalue weighted by atomic mass is 16.4. The van der Waals surface area contributed by atoms with Crippen LogP contribution in [-0.2, 0) is 30.4 Å². The van der Waals surface area contributed by atoms with E-state index in [0.717, 1.165) is 37.9 Å². The number of nitrogens with two attached hydrogens (primary N) is 5. The molecule has 0 amide bonds. The zero-order chi connectivity index (χ0) is 35.7. The number of carboxylic acids is 5. The Labute approximate surface area is 261 Å². The molecule has 0 radical (unpaired) electrons. The van der Waals surface area contributed by atoms with Crippen LogP contribution in [0.25, 0.3) is 0 Å². The second kappa shape index (κ2) is 26.7. The van der Waals surface area contributed by atoms with E-state index in [1.807, 2.05) is 0 Å². The van der Waals surface area contributed by atoms with Crippen molar-refractivity contribution in [3.63, 3.8) is 0 Å². The lowest BCUT2D eigenvalue weighted by Crippen LogP contribution is -2.39. The molecule has 45 heavy (non-hydrogen) atoms. The summed E-state index contributed by atoms with van der Waals surface area (Å²) >= 11 is 0. The number of aliphatic hydroxyl groups is 1. The lowest BCUT2D eigenvalue weighted by molar-refractivity contribution is -0.141. The Morgan fingerprint density at radius 2 is 1.40 bits per heavy atom. The van der Waals surface area contributed by atoms with Crippen molar-refractivity contribution in [3.8, 4) is 0 Å². The molecule has 262 valence electrons. The van der Waals surface area contributed by atoms with E-state index in [1.165, 1.54) is 13.3 Å². The third-order valence-corrected chi connectivity index (χ3v) is 5.76. The van der Waals surface area contributed by atoms with Crippen LogP contribution in [0.5, 0.6) is 0 Å². The molecule has 0 saturated carbocycles. The zero-order valence-corrected chi connectivity index (χ0v) is 25.9. The Morgan fingerprint density at radius 3 is 1.64 bits per heavy atom. The summed E-state index contributed by atoms with van der Waals surface area (Å²) in [5.74, 6) is -4.74. The van der Waals surface area contributed by atoms with E-state index in [9.17, 15) is 24.0 Å². The molecule has 6 atom stereocenters. The molecular weight excluding hydrogens is 600 g/mol. The lowest BCUT2D eigenvalue weighted by Gasteiger charge is -2.07. The minimum atomic E-state index is -1.18. The van der Waals surface area contributed by atoms with Gasteiger partial charge in [-0.05, 0) is 51.6 Å². The number of carbonyl (C=O) groups is 5. The van der Waals surface area contributed by atoms with Gasteiger partial charge in [-0.15, -0.1) is 0 Å². The third-order valence-electron chi connectivity index (χ3n) is 5.76. The van der Waals surface area contributed by atoms with E-state index in [-0.39, 0.29) is 18.4 Å². The van der Waals surface area contributed by atoms with Gasteiger partial charge < -0.3 is 69.6 Å². The number of aromatic amines is 1. The van der Waals surface area contributed by atoms with Crippen molar-refractivity contribution >= 4 is 29.8 Å². The number of unbranched alkanes of at least 4 members (excludes halogenated alkanes) is 1. The predicted octanol–water partition coefficient (Wildman–Crippen LogP) is -2.45. The number of nitrogens with zero attached hydrogens (tertiary/aromatic N) is 1. The van der Waals surface area contributed by atoms with Crippen molar-refractivity contribution in [1.29, 1.82) is 0 Å². The average Bonchev–Trinajstić information content (AvgIpc) is 3.68. The normalized spacial score (nSPS) is 16.6. The molecule has 19 nitrogen and oxygen atoms in total. The van der Waals surface area contributed by atoms with E-state index in [0.29, 0.717) is 13.0 Å². The molecule has 1 saturated heterocycles. The number of carboxylic acid groups (broad SMARTS) is 5. The van der Waals surface area contributed by atoms with Crippen molar-refractivity contribution in [1.82, 2.24) is 15.3 Å². The highest BCUT2D eigenvalue weighted by molar-refractivity contribution is 5.74. The standard InChI is InChI=1S/C6H9N3O2.C6H14N2O2.C5H9NO2.C5H11NO2.C4H9NO3/c7-5(6(10)11)1-4-2-8-3-9-4;7-4-2-1-3-5(8)6(9)10;7-5(8)4-2-1-3-6-4;1-3(2)4(6)5(7)8;1-2(6)3(5)4(7)8/h2-3,5H,1,7H2,(H,8,9)(H,10,11);5H,1-4,7-8H2,(H,9,10);4,6H,1-3H2,(H,7,8);3-4H,6H2,1-2H3,(H,7,8);2-3,6H,5H2,1H3,(H,7,8)/t2*5-;2*4-;2-,3+/m00001/s1. The molecular formula is C26H52N8O11. The number of hydrogen-bond acceptors (Lipinski definition) is 13. The fraction of sp³-hybridized carbons (Fsp3) is 0.692. The minimum Gasteiger partial charge on any atom is -0.480 e. The molecule has 1 aliphatic heterocycles. The largest absolute Gasteiger partial charge is 0.480 e. The van der Waals surface area contributed by atoms with Gasteiger partial charge in [-0.3, -0.25) is 24.0 Å². The molecule has 19 heteroatoms. The van der Waals surface area contributed by atoms with Gasteiger partial charge in [0.25, 0.3) is 0 Å².